The van der Waals surface area contributed by atoms with Crippen LogP contribution in [0.1, 0.15) is 17.4 Å². The minimum atomic E-state index is -0.923. The molecule has 0 radical (unpaired) electrons. The summed E-state index contributed by atoms with van der Waals surface area (Å²) in [5.41, 5.74) is 1.68. The van der Waals surface area contributed by atoms with Gasteiger partial charge < -0.3 is 19.8 Å². The van der Waals surface area contributed by atoms with E-state index in [2.05, 4.69) is 10.3 Å². The molecule has 6 nitrogen and oxygen atoms in total. The fourth-order valence-corrected chi connectivity index (χ4v) is 2.39. The number of carbonyl (C=O) groups excluding carboxylic acids is 2. The molecule has 1 aromatic heterocycles. The number of aromatic nitrogens is 1. The highest BCUT2D eigenvalue weighted by atomic mass is 16.5. The molecule has 1 heterocycles. The van der Waals surface area contributed by atoms with E-state index in [1.54, 1.807) is 37.4 Å². The van der Waals surface area contributed by atoms with Crippen molar-refractivity contribution in [3.63, 3.8) is 0 Å². The minimum Gasteiger partial charge on any atom is -0.497 e. The standard InChI is InChI=1S/C19H18N2O4/c1-12(18(22)20-14-6-4-3-5-7-14)25-19(23)17-10-13-8-9-15(24-2)11-16(13)21-17/h3-12,21H,1-2H3,(H,20,22). The van der Waals surface area contributed by atoms with Gasteiger partial charge in [0.2, 0.25) is 0 Å². The molecule has 6 heteroatoms. The number of nitrogens with one attached hydrogen (secondary N) is 2. The number of hydrogen-bond donors (Lipinski definition) is 2. The molecule has 0 bridgehead atoms. The van der Waals surface area contributed by atoms with Crippen LogP contribution in [0.15, 0.2) is 54.6 Å². The van der Waals surface area contributed by atoms with Crippen molar-refractivity contribution in [3.05, 3.63) is 60.3 Å². The normalized spacial score (nSPS) is 11.8. The number of carbonyl (C=O) groups is 2. The average molecular weight is 338 g/mol. The molecule has 1 unspecified atom stereocenters. The SMILES string of the molecule is COc1ccc2cc(C(=O)OC(C)C(=O)Nc3ccccc3)[nH]c2c1. The molecule has 128 valence electrons. The van der Waals surface area contributed by atoms with Gasteiger partial charge in [0.25, 0.3) is 5.91 Å². The molecule has 0 saturated carbocycles. The molecule has 2 N–H and O–H groups in total. The number of hydrogen-bond acceptors (Lipinski definition) is 4. The highest BCUT2D eigenvalue weighted by Gasteiger charge is 2.20. The number of fused-ring (bicyclic) bond motifs is 1. The third-order valence-electron chi connectivity index (χ3n) is 3.74. The fourth-order valence-electron chi connectivity index (χ4n) is 2.39. The number of methoxy groups -OCH3 is 1. The lowest BCUT2D eigenvalue weighted by molar-refractivity contribution is -0.123. The molecule has 0 aliphatic carbocycles. The molecule has 25 heavy (non-hydrogen) atoms. The molecular weight excluding hydrogens is 320 g/mol. The number of amides is 1. The van der Waals surface area contributed by atoms with Gasteiger partial charge in [-0.15, -0.1) is 0 Å². The zero-order valence-corrected chi connectivity index (χ0v) is 13.9. The van der Waals surface area contributed by atoms with Crippen molar-refractivity contribution >= 4 is 28.5 Å². The van der Waals surface area contributed by atoms with E-state index in [1.807, 2.05) is 24.3 Å². The molecule has 1 amide bonds. The van der Waals surface area contributed by atoms with Crippen molar-refractivity contribution in [3.8, 4) is 5.75 Å². The Hall–Kier alpha value is -3.28. The summed E-state index contributed by atoms with van der Waals surface area (Å²) in [5.74, 6) is -0.298. The minimum absolute atomic E-state index is 0.280. The third-order valence-corrected chi connectivity index (χ3v) is 3.74. The first-order chi connectivity index (χ1) is 12.1. The lowest BCUT2D eigenvalue weighted by Crippen LogP contribution is -2.30. The van der Waals surface area contributed by atoms with Gasteiger partial charge in [0.1, 0.15) is 11.4 Å². The van der Waals surface area contributed by atoms with E-state index in [1.165, 1.54) is 6.92 Å². The predicted molar refractivity (Wildman–Crippen MR) is 94.8 cm³/mol. The van der Waals surface area contributed by atoms with Gasteiger partial charge in [0.15, 0.2) is 6.10 Å². The molecular formula is C19H18N2O4. The second kappa shape index (κ2) is 7.09. The molecule has 0 aliphatic heterocycles. The zero-order valence-electron chi connectivity index (χ0n) is 13.9. The maximum Gasteiger partial charge on any atom is 0.355 e. The van der Waals surface area contributed by atoms with Crippen LogP contribution in [0.2, 0.25) is 0 Å². The molecule has 2 aromatic carbocycles. The maximum absolute atomic E-state index is 12.3. The van der Waals surface area contributed by atoms with Crippen molar-refractivity contribution in [2.24, 2.45) is 0 Å². The Bertz CT molecular complexity index is 902. The Balaban J connectivity index is 1.67. The Morgan fingerprint density at radius 2 is 1.84 bits per heavy atom. The van der Waals surface area contributed by atoms with E-state index in [4.69, 9.17) is 9.47 Å². The second-order valence-corrected chi connectivity index (χ2v) is 5.54. The molecule has 0 spiro atoms. The Labute approximate surface area is 144 Å². The van der Waals surface area contributed by atoms with E-state index in [0.717, 1.165) is 10.9 Å². The predicted octanol–water partition coefficient (Wildman–Crippen LogP) is 3.36. The van der Waals surface area contributed by atoms with Crippen LogP contribution in [0.4, 0.5) is 5.69 Å². The van der Waals surface area contributed by atoms with Crippen molar-refractivity contribution in [2.45, 2.75) is 13.0 Å². The summed E-state index contributed by atoms with van der Waals surface area (Å²) in [6, 6.07) is 16.1. The highest BCUT2D eigenvalue weighted by molar-refractivity contribution is 5.99. The first-order valence-corrected chi connectivity index (χ1v) is 7.80. The second-order valence-electron chi connectivity index (χ2n) is 5.54. The van der Waals surface area contributed by atoms with E-state index in [9.17, 15) is 9.59 Å². The Morgan fingerprint density at radius 3 is 2.56 bits per heavy atom. The summed E-state index contributed by atoms with van der Waals surface area (Å²) in [6.45, 7) is 1.53. The van der Waals surface area contributed by atoms with E-state index in [0.29, 0.717) is 11.4 Å². The van der Waals surface area contributed by atoms with Gasteiger partial charge in [-0.25, -0.2) is 4.79 Å². The van der Waals surface area contributed by atoms with Crippen LogP contribution in [0.3, 0.4) is 0 Å². The number of esters is 1. The van der Waals surface area contributed by atoms with Crippen molar-refractivity contribution in [2.75, 3.05) is 12.4 Å². The van der Waals surface area contributed by atoms with Gasteiger partial charge in [-0.1, -0.05) is 18.2 Å². The summed E-state index contributed by atoms with van der Waals surface area (Å²) in [5, 5.41) is 3.55. The van der Waals surface area contributed by atoms with Crippen LogP contribution >= 0.6 is 0 Å². The molecule has 0 saturated heterocycles. The number of rotatable bonds is 5. The number of anilines is 1. The largest absolute Gasteiger partial charge is 0.497 e. The third kappa shape index (κ3) is 3.80. The summed E-state index contributed by atoms with van der Waals surface area (Å²) in [6.07, 6.45) is -0.923. The quantitative estimate of drug-likeness (QED) is 0.699. The van der Waals surface area contributed by atoms with Crippen LogP contribution < -0.4 is 10.1 Å². The fraction of sp³-hybridized carbons (Fsp3) is 0.158. The van der Waals surface area contributed by atoms with Crippen LogP contribution in [-0.2, 0) is 9.53 Å². The average Bonchev–Trinajstić information content (AvgIpc) is 3.05. The summed E-state index contributed by atoms with van der Waals surface area (Å²) < 4.78 is 10.4. The summed E-state index contributed by atoms with van der Waals surface area (Å²) in [4.78, 5) is 27.4. The number of ether oxygens (including phenoxy) is 2. The Morgan fingerprint density at radius 1 is 1.08 bits per heavy atom. The van der Waals surface area contributed by atoms with E-state index >= 15 is 0 Å². The molecule has 0 fully saturated rings. The summed E-state index contributed by atoms with van der Waals surface area (Å²) in [7, 11) is 1.58. The van der Waals surface area contributed by atoms with Crippen LogP contribution in [0.5, 0.6) is 5.75 Å². The lowest BCUT2D eigenvalue weighted by Gasteiger charge is -2.12. The van der Waals surface area contributed by atoms with Crippen LogP contribution in [-0.4, -0.2) is 30.1 Å². The van der Waals surface area contributed by atoms with Gasteiger partial charge in [0.05, 0.1) is 7.11 Å². The van der Waals surface area contributed by atoms with Gasteiger partial charge in [-0.3, -0.25) is 4.79 Å². The van der Waals surface area contributed by atoms with Gasteiger partial charge in [-0.05, 0) is 37.3 Å². The maximum atomic E-state index is 12.3. The molecule has 0 aliphatic rings. The summed E-state index contributed by atoms with van der Waals surface area (Å²) >= 11 is 0. The van der Waals surface area contributed by atoms with Gasteiger partial charge in [-0.2, -0.15) is 0 Å². The first-order valence-electron chi connectivity index (χ1n) is 7.80. The smallest absolute Gasteiger partial charge is 0.355 e. The number of benzene rings is 2. The number of H-pyrrole nitrogens is 1. The Kier molecular flexibility index (Phi) is 4.70. The van der Waals surface area contributed by atoms with Gasteiger partial charge >= 0.3 is 5.97 Å². The monoisotopic (exact) mass is 338 g/mol. The number of para-hydroxylation sites is 1. The topological polar surface area (TPSA) is 80.4 Å². The van der Waals surface area contributed by atoms with Crippen molar-refractivity contribution in [1.82, 2.24) is 4.98 Å². The molecule has 3 rings (SSSR count). The van der Waals surface area contributed by atoms with Crippen molar-refractivity contribution < 1.29 is 19.1 Å². The van der Waals surface area contributed by atoms with E-state index in [-0.39, 0.29) is 5.69 Å². The highest BCUT2D eigenvalue weighted by Crippen LogP contribution is 2.21. The first kappa shape index (κ1) is 16.6. The van der Waals surface area contributed by atoms with E-state index < -0.39 is 18.0 Å². The zero-order chi connectivity index (χ0) is 17.8. The van der Waals surface area contributed by atoms with Crippen LogP contribution in [0.25, 0.3) is 10.9 Å². The molecule has 3 aromatic rings. The molecule has 1 atom stereocenters. The van der Waals surface area contributed by atoms with Gasteiger partial charge in [0, 0.05) is 22.7 Å². The lowest BCUT2D eigenvalue weighted by atomic mass is 10.2. The van der Waals surface area contributed by atoms with Crippen LogP contribution in [0, 0.1) is 0 Å². The van der Waals surface area contributed by atoms with Crippen molar-refractivity contribution in [1.29, 1.82) is 0 Å². The number of aromatic amines is 1.